The zero-order valence-corrected chi connectivity index (χ0v) is 14.5. The summed E-state index contributed by atoms with van der Waals surface area (Å²) in [7, 11) is 0. The van der Waals surface area contributed by atoms with Gasteiger partial charge in [-0.05, 0) is 5.53 Å². The number of rotatable bonds is 7. The van der Waals surface area contributed by atoms with Crippen LogP contribution in [0, 0.1) is 12.3 Å². The minimum atomic E-state index is -1.23. The second-order valence-corrected chi connectivity index (χ2v) is 5.20. The summed E-state index contributed by atoms with van der Waals surface area (Å²) in [5.41, 5.74) is 8.81. The van der Waals surface area contributed by atoms with Gasteiger partial charge in [-0.2, -0.15) is 0 Å². The molecule has 0 aromatic rings. The highest BCUT2D eigenvalue weighted by atomic mass is 16.7. The number of hydrogen-bond acceptors (Lipinski definition) is 9. The van der Waals surface area contributed by atoms with E-state index in [2.05, 4.69) is 15.9 Å². The van der Waals surface area contributed by atoms with E-state index in [0.717, 1.165) is 13.8 Å². The van der Waals surface area contributed by atoms with E-state index >= 15 is 0 Å². The monoisotopic (exact) mass is 369 g/mol. The van der Waals surface area contributed by atoms with E-state index in [1.165, 1.54) is 6.92 Å². The average Bonchev–Trinajstić information content (AvgIpc) is 2.54. The maximum atomic E-state index is 11.5. The van der Waals surface area contributed by atoms with Gasteiger partial charge in [0.2, 0.25) is 0 Å². The molecule has 0 amide bonds. The van der Waals surface area contributed by atoms with Gasteiger partial charge >= 0.3 is 17.9 Å². The largest absolute Gasteiger partial charge is 0.463 e. The van der Waals surface area contributed by atoms with Crippen LogP contribution in [0.4, 0.5) is 0 Å². The Hall–Kier alpha value is -2.80. The third-order valence-electron chi connectivity index (χ3n) is 3.19. The highest BCUT2D eigenvalue weighted by Crippen LogP contribution is 2.29. The lowest BCUT2D eigenvalue weighted by molar-refractivity contribution is -0.270. The van der Waals surface area contributed by atoms with E-state index in [1.54, 1.807) is 0 Å². The fourth-order valence-corrected chi connectivity index (χ4v) is 2.34. The van der Waals surface area contributed by atoms with Crippen molar-refractivity contribution < 1.29 is 38.1 Å². The first-order valence-corrected chi connectivity index (χ1v) is 7.52. The number of carbonyl (C=O) groups excluding carboxylic acids is 3. The number of nitrogens with zero attached hydrogens (tertiary/aromatic N) is 3. The maximum absolute atomic E-state index is 11.5. The zero-order valence-electron chi connectivity index (χ0n) is 14.5. The Morgan fingerprint density at radius 3 is 2.27 bits per heavy atom. The molecule has 0 N–H and O–H groups in total. The Bertz CT molecular complexity index is 625. The van der Waals surface area contributed by atoms with Crippen molar-refractivity contribution in [3.05, 3.63) is 10.4 Å². The summed E-state index contributed by atoms with van der Waals surface area (Å²) in [6.07, 6.45) is 0.468. The van der Waals surface area contributed by atoms with Gasteiger partial charge in [-0.1, -0.05) is 11.0 Å². The quantitative estimate of drug-likeness (QED) is 0.157. The average molecular weight is 369 g/mol. The molecule has 0 aromatic heterocycles. The smallest absolute Gasteiger partial charge is 0.303 e. The van der Waals surface area contributed by atoms with E-state index in [0.29, 0.717) is 0 Å². The molecule has 0 spiro atoms. The lowest BCUT2D eigenvalue weighted by Gasteiger charge is -2.43. The lowest BCUT2D eigenvalue weighted by Crippen LogP contribution is -2.61. The number of ether oxygens (including phenoxy) is 5. The summed E-state index contributed by atoms with van der Waals surface area (Å²) in [5.74, 6) is 0.210. The molecule has 11 nitrogen and oxygen atoms in total. The van der Waals surface area contributed by atoms with Crippen LogP contribution in [-0.2, 0) is 38.1 Å². The number of esters is 3. The lowest BCUT2D eigenvalue weighted by atomic mass is 9.97. The van der Waals surface area contributed by atoms with Gasteiger partial charge < -0.3 is 23.7 Å². The van der Waals surface area contributed by atoms with Crippen LogP contribution in [0.1, 0.15) is 20.8 Å². The van der Waals surface area contributed by atoms with Crippen molar-refractivity contribution in [2.24, 2.45) is 5.11 Å². The predicted molar refractivity (Wildman–Crippen MR) is 84.1 cm³/mol. The Kier molecular flexibility index (Phi) is 8.37. The summed E-state index contributed by atoms with van der Waals surface area (Å²) in [6, 6.07) is -1.19. The van der Waals surface area contributed by atoms with Crippen molar-refractivity contribution in [1.29, 1.82) is 0 Å². The maximum Gasteiger partial charge on any atom is 0.303 e. The van der Waals surface area contributed by atoms with Gasteiger partial charge in [0.1, 0.15) is 25.4 Å². The molecule has 0 radical (unpaired) electrons. The van der Waals surface area contributed by atoms with E-state index < -0.39 is 48.6 Å². The van der Waals surface area contributed by atoms with Gasteiger partial charge in [0.25, 0.3) is 0 Å². The molecule has 11 heteroatoms. The zero-order chi connectivity index (χ0) is 19.7. The summed E-state index contributed by atoms with van der Waals surface area (Å²) >= 11 is 0. The highest BCUT2D eigenvalue weighted by Gasteiger charge is 2.50. The molecule has 0 aromatic carbocycles. The van der Waals surface area contributed by atoms with Crippen LogP contribution in [0.3, 0.4) is 0 Å². The van der Waals surface area contributed by atoms with E-state index in [1.807, 2.05) is 0 Å². The van der Waals surface area contributed by atoms with Crippen LogP contribution in [0.25, 0.3) is 10.4 Å². The predicted octanol–water partition coefficient (Wildman–Crippen LogP) is 0.466. The number of terminal acetylenes is 1. The van der Waals surface area contributed by atoms with E-state index in [-0.39, 0.29) is 13.2 Å². The van der Waals surface area contributed by atoms with Crippen molar-refractivity contribution in [3.8, 4) is 12.3 Å². The molecule has 142 valence electrons. The minimum Gasteiger partial charge on any atom is -0.463 e. The summed E-state index contributed by atoms with van der Waals surface area (Å²) in [5, 5.41) is 3.53. The standard InChI is InChI=1S/C15H19N3O8/c1-5-6-22-15-12(17-18-16)14(25-10(4)21)13(24-9(3)20)11(26-15)7-23-8(2)19/h1,11-15H,6-7H2,2-4H3/t11-,12-,13-,14-,15-/m1/s1. The Morgan fingerprint density at radius 1 is 1.15 bits per heavy atom. The van der Waals surface area contributed by atoms with Gasteiger partial charge in [0.15, 0.2) is 18.5 Å². The molecule has 1 saturated heterocycles. The molecule has 5 atom stereocenters. The van der Waals surface area contributed by atoms with Crippen LogP contribution < -0.4 is 0 Å². The minimum absolute atomic E-state index is 0.187. The van der Waals surface area contributed by atoms with Gasteiger partial charge in [-0.25, -0.2) is 0 Å². The first kappa shape index (κ1) is 21.2. The van der Waals surface area contributed by atoms with Crippen molar-refractivity contribution in [2.45, 2.75) is 51.4 Å². The second-order valence-electron chi connectivity index (χ2n) is 5.20. The molecule has 1 aliphatic heterocycles. The van der Waals surface area contributed by atoms with Crippen molar-refractivity contribution in [1.82, 2.24) is 0 Å². The molecule has 1 aliphatic rings. The molecule has 26 heavy (non-hydrogen) atoms. The molecular weight excluding hydrogens is 350 g/mol. The molecule has 0 unspecified atom stereocenters. The highest BCUT2D eigenvalue weighted by molar-refractivity contribution is 5.68. The van der Waals surface area contributed by atoms with Gasteiger partial charge in [0.05, 0.1) is 0 Å². The van der Waals surface area contributed by atoms with Gasteiger partial charge in [-0.3, -0.25) is 14.4 Å². The molecule has 0 aliphatic carbocycles. The second kappa shape index (κ2) is 10.2. The molecule has 1 rings (SSSR count). The molecule has 1 fully saturated rings. The molecule has 0 bridgehead atoms. The third kappa shape index (κ3) is 6.25. The summed E-state index contributed by atoms with van der Waals surface area (Å²) in [4.78, 5) is 36.7. The Labute approximate surface area is 149 Å². The number of hydrogen-bond donors (Lipinski definition) is 0. The van der Waals surface area contributed by atoms with Crippen molar-refractivity contribution in [3.63, 3.8) is 0 Å². The topological polar surface area (TPSA) is 146 Å². The Morgan fingerprint density at radius 2 is 1.77 bits per heavy atom. The first-order chi connectivity index (χ1) is 12.3. The fourth-order valence-electron chi connectivity index (χ4n) is 2.34. The van der Waals surface area contributed by atoms with Crippen LogP contribution in [0.2, 0.25) is 0 Å². The van der Waals surface area contributed by atoms with Crippen LogP contribution in [0.5, 0.6) is 0 Å². The van der Waals surface area contributed by atoms with Crippen molar-refractivity contribution in [2.75, 3.05) is 13.2 Å². The number of azide groups is 1. The normalized spacial score (nSPS) is 27.4. The molecule has 0 saturated carbocycles. The summed E-state index contributed by atoms with van der Waals surface area (Å²) < 4.78 is 26.2. The van der Waals surface area contributed by atoms with Gasteiger partial charge in [-0.15, -0.1) is 6.42 Å². The first-order valence-electron chi connectivity index (χ1n) is 7.52. The van der Waals surface area contributed by atoms with E-state index in [4.69, 9.17) is 35.6 Å². The van der Waals surface area contributed by atoms with Crippen LogP contribution >= 0.6 is 0 Å². The Balaban J connectivity index is 3.24. The molecule has 1 heterocycles. The fraction of sp³-hybridized carbons (Fsp3) is 0.667. The molecular formula is C15H19N3O8. The summed E-state index contributed by atoms with van der Waals surface area (Å²) in [6.45, 7) is 2.95. The van der Waals surface area contributed by atoms with Gasteiger partial charge in [0, 0.05) is 25.7 Å². The third-order valence-corrected chi connectivity index (χ3v) is 3.19. The van der Waals surface area contributed by atoms with Crippen LogP contribution in [0.15, 0.2) is 5.11 Å². The SMILES string of the molecule is C#CCO[C@@H]1O[C@H](COC(C)=O)[C@@H](OC(C)=O)[C@H](OC(C)=O)[C@H]1N=[N+]=[N-]. The van der Waals surface area contributed by atoms with E-state index in [9.17, 15) is 14.4 Å². The number of carbonyl (C=O) groups is 3. The van der Waals surface area contributed by atoms with Crippen molar-refractivity contribution >= 4 is 17.9 Å². The van der Waals surface area contributed by atoms with Crippen LogP contribution in [-0.4, -0.2) is 61.8 Å².